The zero-order chi connectivity index (χ0) is 20.7. The molecule has 2 atom stereocenters. The highest BCUT2D eigenvalue weighted by atomic mass is 16.1. The molecular formula is C27H45NO. The molecule has 0 radical (unpaired) electrons. The van der Waals surface area contributed by atoms with E-state index >= 15 is 0 Å². The van der Waals surface area contributed by atoms with Crippen LogP contribution in [0.3, 0.4) is 0 Å². The predicted octanol–water partition coefficient (Wildman–Crippen LogP) is 7.86. The number of hydrogen-bond donors (Lipinski definition) is 0. The van der Waals surface area contributed by atoms with Crippen molar-refractivity contribution in [2.75, 3.05) is 0 Å². The molecular weight excluding hydrogens is 354 g/mol. The van der Waals surface area contributed by atoms with Crippen molar-refractivity contribution in [1.29, 1.82) is 5.26 Å². The Morgan fingerprint density at radius 1 is 0.862 bits per heavy atom. The van der Waals surface area contributed by atoms with Gasteiger partial charge in [-0.1, -0.05) is 58.8 Å². The lowest BCUT2D eigenvalue weighted by Crippen LogP contribution is -2.40. The molecule has 0 aromatic heterocycles. The summed E-state index contributed by atoms with van der Waals surface area (Å²) in [5, 5.41) is 10.1. The number of rotatable bonds is 8. The lowest BCUT2D eigenvalue weighted by Gasteiger charge is -2.45. The van der Waals surface area contributed by atoms with Crippen LogP contribution in [0, 0.1) is 46.3 Å². The highest BCUT2D eigenvalue weighted by Gasteiger charge is 2.46. The monoisotopic (exact) mass is 399 g/mol. The number of carbonyl (C=O) groups excluding carboxylic acids is 1. The fourth-order valence-electron chi connectivity index (χ4n) is 7.07. The standard InChI is InChI=1S/C27H45NO/c1-3-5-6-8-21-9-11-22(12-10-21)23-15-17-27(20-28,18-16-23)25-14-13-24(7-4-2)26(29)19-25/h21-25H,3-19H2,1-2H3/t21?,22?,23-,24-,25-,27-/m1/s1. The summed E-state index contributed by atoms with van der Waals surface area (Å²) in [4.78, 5) is 12.6. The van der Waals surface area contributed by atoms with E-state index in [1.54, 1.807) is 0 Å². The van der Waals surface area contributed by atoms with Crippen LogP contribution >= 0.6 is 0 Å². The largest absolute Gasteiger partial charge is 0.299 e. The third kappa shape index (κ3) is 5.65. The number of nitrogens with zero attached hydrogens (tertiary/aromatic N) is 1. The molecule has 0 aromatic carbocycles. The van der Waals surface area contributed by atoms with Crippen LogP contribution in [0.15, 0.2) is 0 Å². The van der Waals surface area contributed by atoms with Gasteiger partial charge in [0.05, 0.1) is 11.5 Å². The first-order valence-electron chi connectivity index (χ1n) is 13.1. The second kappa shape index (κ2) is 11.0. The number of unbranched alkanes of at least 4 members (excludes halogenated alkanes) is 2. The molecule has 3 aliphatic carbocycles. The lowest BCUT2D eigenvalue weighted by atomic mass is 9.57. The molecule has 3 fully saturated rings. The van der Waals surface area contributed by atoms with Crippen molar-refractivity contribution >= 4 is 5.78 Å². The van der Waals surface area contributed by atoms with Crippen molar-refractivity contribution in [2.45, 2.75) is 123 Å². The molecule has 29 heavy (non-hydrogen) atoms. The van der Waals surface area contributed by atoms with Gasteiger partial charge in [0.2, 0.25) is 0 Å². The van der Waals surface area contributed by atoms with Crippen molar-refractivity contribution in [3.8, 4) is 6.07 Å². The zero-order valence-corrected chi connectivity index (χ0v) is 19.3. The van der Waals surface area contributed by atoms with Gasteiger partial charge in [0.15, 0.2) is 0 Å². The molecule has 0 bridgehead atoms. The minimum atomic E-state index is -0.194. The maximum atomic E-state index is 12.6. The van der Waals surface area contributed by atoms with E-state index in [1.807, 2.05) is 0 Å². The summed E-state index contributed by atoms with van der Waals surface area (Å²) < 4.78 is 0. The molecule has 2 heteroatoms. The molecule has 0 unspecified atom stereocenters. The van der Waals surface area contributed by atoms with Gasteiger partial charge in [-0.05, 0) is 81.5 Å². The fraction of sp³-hybridized carbons (Fsp3) is 0.926. The van der Waals surface area contributed by atoms with E-state index in [0.29, 0.717) is 18.1 Å². The van der Waals surface area contributed by atoms with Gasteiger partial charge in [-0.15, -0.1) is 0 Å². The van der Waals surface area contributed by atoms with Crippen molar-refractivity contribution in [3.05, 3.63) is 0 Å². The van der Waals surface area contributed by atoms with Gasteiger partial charge in [-0.3, -0.25) is 4.79 Å². The smallest absolute Gasteiger partial charge is 0.136 e. The number of hydrogen-bond acceptors (Lipinski definition) is 2. The minimum Gasteiger partial charge on any atom is -0.299 e. The Hall–Kier alpha value is -0.840. The maximum Gasteiger partial charge on any atom is 0.136 e. The van der Waals surface area contributed by atoms with Crippen LogP contribution in [0.2, 0.25) is 0 Å². The third-order valence-electron chi connectivity index (χ3n) is 9.10. The van der Waals surface area contributed by atoms with E-state index < -0.39 is 0 Å². The lowest BCUT2D eigenvalue weighted by molar-refractivity contribution is -0.128. The fourth-order valence-corrected chi connectivity index (χ4v) is 7.07. The summed E-state index contributed by atoms with van der Waals surface area (Å²) in [6, 6.07) is 2.76. The molecule has 3 aliphatic rings. The van der Waals surface area contributed by atoms with Crippen LogP contribution in [-0.4, -0.2) is 5.78 Å². The summed E-state index contributed by atoms with van der Waals surface area (Å²) in [5.74, 6) is 3.83. The molecule has 0 aliphatic heterocycles. The van der Waals surface area contributed by atoms with E-state index in [4.69, 9.17) is 0 Å². The molecule has 0 N–H and O–H groups in total. The molecule has 0 aromatic rings. The summed E-state index contributed by atoms with van der Waals surface area (Å²) in [6.07, 6.45) is 21.0. The van der Waals surface area contributed by atoms with Crippen molar-refractivity contribution in [2.24, 2.45) is 35.0 Å². The van der Waals surface area contributed by atoms with Gasteiger partial charge in [0, 0.05) is 12.3 Å². The highest BCUT2D eigenvalue weighted by molar-refractivity contribution is 5.82. The second-order valence-corrected chi connectivity index (χ2v) is 10.8. The first-order chi connectivity index (χ1) is 14.1. The molecule has 0 amide bonds. The Kier molecular flexibility index (Phi) is 8.64. The molecule has 0 heterocycles. The van der Waals surface area contributed by atoms with E-state index in [0.717, 1.165) is 56.3 Å². The van der Waals surface area contributed by atoms with Crippen LogP contribution in [0.1, 0.15) is 123 Å². The van der Waals surface area contributed by atoms with Crippen LogP contribution in [0.4, 0.5) is 0 Å². The maximum absolute atomic E-state index is 12.6. The Bertz CT molecular complexity index is 545. The molecule has 3 saturated carbocycles. The number of nitriles is 1. The molecule has 0 saturated heterocycles. The van der Waals surface area contributed by atoms with Gasteiger partial charge in [0.25, 0.3) is 0 Å². The highest BCUT2D eigenvalue weighted by Crippen LogP contribution is 2.52. The molecule has 0 spiro atoms. The summed E-state index contributed by atoms with van der Waals surface area (Å²) in [7, 11) is 0. The molecule has 164 valence electrons. The van der Waals surface area contributed by atoms with Crippen LogP contribution in [-0.2, 0) is 4.79 Å². The van der Waals surface area contributed by atoms with Crippen molar-refractivity contribution < 1.29 is 4.79 Å². The molecule has 2 nitrogen and oxygen atoms in total. The number of carbonyl (C=O) groups is 1. The van der Waals surface area contributed by atoms with Crippen LogP contribution < -0.4 is 0 Å². The Labute approximate surface area is 180 Å². The Morgan fingerprint density at radius 3 is 2.14 bits per heavy atom. The summed E-state index contributed by atoms with van der Waals surface area (Å²) in [5.41, 5.74) is -0.194. The minimum absolute atomic E-state index is 0.194. The average molecular weight is 400 g/mol. The van der Waals surface area contributed by atoms with Crippen molar-refractivity contribution in [3.63, 3.8) is 0 Å². The van der Waals surface area contributed by atoms with E-state index in [1.165, 1.54) is 64.2 Å². The summed E-state index contributed by atoms with van der Waals surface area (Å²) in [6.45, 7) is 4.48. The SMILES string of the molecule is CCCCCC1CCC([C@H]2CC[C@](C#N)([C@@H]3CC[C@@H](CCC)C(=O)C3)CC2)CC1. The topological polar surface area (TPSA) is 40.9 Å². The van der Waals surface area contributed by atoms with E-state index in [9.17, 15) is 10.1 Å². The number of Topliss-reactive ketones (excluding diaryl/α,β-unsaturated/α-hetero) is 1. The first-order valence-corrected chi connectivity index (χ1v) is 13.1. The summed E-state index contributed by atoms with van der Waals surface area (Å²) >= 11 is 0. The molecule has 3 rings (SSSR count). The second-order valence-electron chi connectivity index (χ2n) is 10.8. The van der Waals surface area contributed by atoms with Gasteiger partial charge >= 0.3 is 0 Å². The van der Waals surface area contributed by atoms with Gasteiger partial charge in [-0.2, -0.15) is 5.26 Å². The van der Waals surface area contributed by atoms with E-state index in [-0.39, 0.29) is 11.3 Å². The van der Waals surface area contributed by atoms with Gasteiger partial charge in [0.1, 0.15) is 5.78 Å². The first kappa shape index (κ1) is 22.8. The Balaban J connectivity index is 1.46. The Morgan fingerprint density at radius 2 is 1.55 bits per heavy atom. The normalized spacial score (nSPS) is 38.5. The number of ketones is 1. The van der Waals surface area contributed by atoms with Crippen LogP contribution in [0.25, 0.3) is 0 Å². The van der Waals surface area contributed by atoms with Gasteiger partial charge < -0.3 is 0 Å². The van der Waals surface area contributed by atoms with Crippen LogP contribution in [0.5, 0.6) is 0 Å². The zero-order valence-electron chi connectivity index (χ0n) is 19.3. The van der Waals surface area contributed by atoms with Gasteiger partial charge in [-0.25, -0.2) is 0 Å². The predicted molar refractivity (Wildman–Crippen MR) is 120 cm³/mol. The third-order valence-corrected chi connectivity index (χ3v) is 9.10. The quantitative estimate of drug-likeness (QED) is 0.390. The average Bonchev–Trinajstić information content (AvgIpc) is 2.76. The van der Waals surface area contributed by atoms with Crippen molar-refractivity contribution in [1.82, 2.24) is 0 Å². The van der Waals surface area contributed by atoms with E-state index in [2.05, 4.69) is 19.9 Å².